The molecule has 1 aromatic carbocycles. The predicted molar refractivity (Wildman–Crippen MR) is 53.1 cm³/mol. The van der Waals surface area contributed by atoms with Crippen LogP contribution in [-0.2, 0) is 6.42 Å². The molecule has 3 nitrogen and oxygen atoms in total. The lowest BCUT2D eigenvalue weighted by atomic mass is 10.1. The number of phenols is 1. The van der Waals surface area contributed by atoms with E-state index in [2.05, 4.69) is 15.9 Å². The molecule has 0 heterocycles. The zero-order valence-corrected chi connectivity index (χ0v) is 8.84. The summed E-state index contributed by atoms with van der Waals surface area (Å²) in [5, 5.41) is 18.2. The zero-order valence-electron chi connectivity index (χ0n) is 7.25. The van der Waals surface area contributed by atoms with Crippen LogP contribution in [0.25, 0.3) is 0 Å². The highest BCUT2D eigenvalue weighted by atomic mass is 79.9. The minimum absolute atomic E-state index is 0.0202. The second kappa shape index (κ2) is 4.48. The van der Waals surface area contributed by atoms with E-state index in [9.17, 15) is 5.11 Å². The number of aliphatic hydroxyl groups excluding tert-OH is 1. The smallest absolute Gasteiger partial charge is 0.136 e. The van der Waals surface area contributed by atoms with E-state index >= 15 is 0 Å². The largest absolute Gasteiger partial charge is 0.508 e. The third-order valence-corrected chi connectivity index (χ3v) is 2.35. The van der Waals surface area contributed by atoms with Gasteiger partial charge in [-0.2, -0.15) is 0 Å². The van der Waals surface area contributed by atoms with Gasteiger partial charge in [0, 0.05) is 12.7 Å². The van der Waals surface area contributed by atoms with Gasteiger partial charge in [-0.25, -0.2) is 0 Å². The SMILES string of the molecule is COc1cc(O)c(CCO)cc1Br. The Balaban J connectivity index is 3.05. The van der Waals surface area contributed by atoms with Crippen LogP contribution >= 0.6 is 15.9 Å². The van der Waals surface area contributed by atoms with Gasteiger partial charge in [-0.1, -0.05) is 0 Å². The van der Waals surface area contributed by atoms with E-state index in [1.54, 1.807) is 6.07 Å². The number of rotatable bonds is 3. The molecule has 72 valence electrons. The second-order valence-electron chi connectivity index (χ2n) is 2.59. The van der Waals surface area contributed by atoms with Crippen molar-refractivity contribution in [2.45, 2.75) is 6.42 Å². The lowest BCUT2D eigenvalue weighted by Gasteiger charge is -2.07. The average molecular weight is 247 g/mol. The molecule has 0 unspecified atom stereocenters. The van der Waals surface area contributed by atoms with Crippen LogP contribution < -0.4 is 4.74 Å². The molecule has 13 heavy (non-hydrogen) atoms. The highest BCUT2D eigenvalue weighted by molar-refractivity contribution is 9.10. The van der Waals surface area contributed by atoms with Gasteiger partial charge in [0.05, 0.1) is 11.6 Å². The molecule has 0 amide bonds. The monoisotopic (exact) mass is 246 g/mol. The van der Waals surface area contributed by atoms with E-state index in [1.165, 1.54) is 13.2 Å². The molecule has 0 bridgehead atoms. The van der Waals surface area contributed by atoms with E-state index in [1.807, 2.05) is 0 Å². The Labute approximate surface area is 85.1 Å². The highest BCUT2D eigenvalue weighted by Crippen LogP contribution is 2.32. The molecular formula is C9H11BrO3. The number of benzene rings is 1. The Morgan fingerprint density at radius 3 is 2.69 bits per heavy atom. The second-order valence-corrected chi connectivity index (χ2v) is 3.44. The number of hydrogen-bond acceptors (Lipinski definition) is 3. The topological polar surface area (TPSA) is 49.7 Å². The van der Waals surface area contributed by atoms with Gasteiger partial charge in [0.15, 0.2) is 0 Å². The molecule has 1 aromatic rings. The third kappa shape index (κ3) is 2.35. The van der Waals surface area contributed by atoms with Gasteiger partial charge in [0.25, 0.3) is 0 Å². The number of halogens is 1. The van der Waals surface area contributed by atoms with Gasteiger partial charge in [-0.15, -0.1) is 0 Å². The third-order valence-electron chi connectivity index (χ3n) is 1.73. The molecule has 0 spiro atoms. The van der Waals surface area contributed by atoms with Crippen molar-refractivity contribution in [1.82, 2.24) is 0 Å². The maximum atomic E-state index is 9.47. The van der Waals surface area contributed by atoms with Gasteiger partial charge in [0.1, 0.15) is 11.5 Å². The fourth-order valence-corrected chi connectivity index (χ4v) is 1.61. The molecule has 2 N–H and O–H groups in total. The lowest BCUT2D eigenvalue weighted by Crippen LogP contribution is -1.93. The number of aliphatic hydroxyl groups is 1. The maximum absolute atomic E-state index is 9.47. The minimum atomic E-state index is 0.0202. The molecule has 0 saturated heterocycles. The van der Waals surface area contributed by atoms with Crippen molar-refractivity contribution >= 4 is 15.9 Å². The van der Waals surface area contributed by atoms with Crippen LogP contribution in [0.5, 0.6) is 11.5 Å². The van der Waals surface area contributed by atoms with Crippen molar-refractivity contribution in [2.75, 3.05) is 13.7 Å². The lowest BCUT2D eigenvalue weighted by molar-refractivity contribution is 0.297. The summed E-state index contributed by atoms with van der Waals surface area (Å²) in [5.41, 5.74) is 0.704. The molecular weight excluding hydrogens is 236 g/mol. The zero-order chi connectivity index (χ0) is 9.84. The van der Waals surface area contributed by atoms with Crippen LogP contribution in [0.1, 0.15) is 5.56 Å². The summed E-state index contributed by atoms with van der Waals surface area (Å²) in [5.74, 6) is 0.730. The van der Waals surface area contributed by atoms with E-state index in [0.29, 0.717) is 17.7 Å². The molecule has 0 fully saturated rings. The van der Waals surface area contributed by atoms with E-state index < -0.39 is 0 Å². The van der Waals surface area contributed by atoms with Crippen LogP contribution in [-0.4, -0.2) is 23.9 Å². The molecule has 0 aromatic heterocycles. The standard InChI is InChI=1S/C9H11BrO3/c1-13-9-5-8(12)6(2-3-11)4-7(9)10/h4-5,11-12H,2-3H2,1H3. The highest BCUT2D eigenvalue weighted by Gasteiger charge is 2.06. The van der Waals surface area contributed by atoms with Gasteiger partial charge in [-0.3, -0.25) is 0 Å². The predicted octanol–water partition coefficient (Wildman–Crippen LogP) is 1.70. The minimum Gasteiger partial charge on any atom is -0.508 e. The van der Waals surface area contributed by atoms with E-state index in [-0.39, 0.29) is 12.4 Å². The Hall–Kier alpha value is -0.740. The summed E-state index contributed by atoms with van der Waals surface area (Å²) in [6, 6.07) is 3.26. The Bertz CT molecular complexity index is 299. The van der Waals surface area contributed by atoms with Crippen molar-refractivity contribution in [3.63, 3.8) is 0 Å². The molecule has 0 aliphatic carbocycles. The van der Waals surface area contributed by atoms with Crippen molar-refractivity contribution in [3.05, 3.63) is 22.2 Å². The molecule has 1 rings (SSSR count). The van der Waals surface area contributed by atoms with Crippen LogP contribution in [0.3, 0.4) is 0 Å². The number of phenolic OH excluding ortho intramolecular Hbond substituents is 1. The number of aromatic hydroxyl groups is 1. The fraction of sp³-hybridized carbons (Fsp3) is 0.333. The summed E-state index contributed by atoms with van der Waals surface area (Å²) in [7, 11) is 1.53. The van der Waals surface area contributed by atoms with Crippen molar-refractivity contribution < 1.29 is 14.9 Å². The average Bonchev–Trinajstić information content (AvgIpc) is 2.11. The summed E-state index contributed by atoms with van der Waals surface area (Å²) in [4.78, 5) is 0. The van der Waals surface area contributed by atoms with Gasteiger partial charge in [0.2, 0.25) is 0 Å². The molecule has 0 radical (unpaired) electrons. The van der Waals surface area contributed by atoms with Crippen molar-refractivity contribution in [2.24, 2.45) is 0 Å². The first kappa shape index (κ1) is 10.3. The summed E-state index contributed by atoms with van der Waals surface area (Å²) in [6.07, 6.45) is 0.439. The van der Waals surface area contributed by atoms with Crippen molar-refractivity contribution in [3.8, 4) is 11.5 Å². The normalized spacial score (nSPS) is 10.1. The molecule has 0 aliphatic rings. The summed E-state index contributed by atoms with van der Waals surface area (Å²) in [6.45, 7) is 0.0202. The van der Waals surface area contributed by atoms with E-state index in [0.717, 1.165) is 4.47 Å². The van der Waals surface area contributed by atoms with Crippen molar-refractivity contribution in [1.29, 1.82) is 0 Å². The molecule has 0 saturated carbocycles. The number of methoxy groups -OCH3 is 1. The first-order chi connectivity index (χ1) is 6.19. The summed E-state index contributed by atoms with van der Waals surface area (Å²) >= 11 is 3.29. The van der Waals surface area contributed by atoms with Crippen LogP contribution in [0, 0.1) is 0 Å². The Kier molecular flexibility index (Phi) is 3.57. The van der Waals surface area contributed by atoms with Crippen LogP contribution in [0.4, 0.5) is 0 Å². The van der Waals surface area contributed by atoms with Crippen LogP contribution in [0.2, 0.25) is 0 Å². The van der Waals surface area contributed by atoms with Gasteiger partial charge >= 0.3 is 0 Å². The molecule has 0 aliphatic heterocycles. The quantitative estimate of drug-likeness (QED) is 0.854. The summed E-state index contributed by atoms with van der Waals surface area (Å²) < 4.78 is 5.76. The van der Waals surface area contributed by atoms with E-state index in [4.69, 9.17) is 9.84 Å². The first-order valence-electron chi connectivity index (χ1n) is 3.85. The molecule has 0 atom stereocenters. The van der Waals surface area contributed by atoms with Crippen LogP contribution in [0.15, 0.2) is 16.6 Å². The first-order valence-corrected chi connectivity index (χ1v) is 4.64. The van der Waals surface area contributed by atoms with Gasteiger partial charge in [-0.05, 0) is 34.0 Å². The Morgan fingerprint density at radius 2 is 2.15 bits per heavy atom. The number of hydrogen-bond donors (Lipinski definition) is 2. The van der Waals surface area contributed by atoms with Gasteiger partial charge < -0.3 is 14.9 Å². The maximum Gasteiger partial charge on any atom is 0.136 e. The number of ether oxygens (including phenoxy) is 1. The Morgan fingerprint density at radius 1 is 1.46 bits per heavy atom. The fourth-order valence-electron chi connectivity index (χ4n) is 1.06. The molecule has 4 heteroatoms.